The van der Waals surface area contributed by atoms with Gasteiger partial charge in [-0.15, -0.1) is 0 Å². The van der Waals surface area contributed by atoms with Crippen LogP contribution in [0.3, 0.4) is 0 Å². The lowest BCUT2D eigenvalue weighted by molar-refractivity contribution is -0.146. The van der Waals surface area contributed by atoms with E-state index in [-0.39, 0.29) is 5.92 Å². The Morgan fingerprint density at radius 3 is 2.78 bits per heavy atom. The SMILES string of the molecule is COc1ccc2nccc([C@H](O)CC[C@@H]3CCN(CCCc4ccccc4OC)C[C@@H]3C(=O)O)c2c1. The first-order valence-corrected chi connectivity index (χ1v) is 12.7. The molecule has 1 aliphatic rings. The van der Waals surface area contributed by atoms with Crippen LogP contribution in [0.25, 0.3) is 10.9 Å². The second-order valence-electron chi connectivity index (χ2n) is 9.59. The third-order valence-electron chi connectivity index (χ3n) is 7.42. The molecule has 4 rings (SSSR count). The number of nitrogens with zero attached hydrogens (tertiary/aromatic N) is 2. The quantitative estimate of drug-likeness (QED) is 0.400. The number of methoxy groups -OCH3 is 2. The molecule has 1 saturated heterocycles. The summed E-state index contributed by atoms with van der Waals surface area (Å²) in [6, 6.07) is 15.5. The normalized spacial score (nSPS) is 19.2. The second kappa shape index (κ2) is 12.2. The number of benzene rings is 2. The first kappa shape index (κ1) is 25.9. The Bertz CT molecular complexity index is 1170. The molecule has 192 valence electrons. The third-order valence-corrected chi connectivity index (χ3v) is 7.42. The van der Waals surface area contributed by atoms with Crippen molar-refractivity contribution in [3.05, 3.63) is 65.9 Å². The molecule has 0 bridgehead atoms. The summed E-state index contributed by atoms with van der Waals surface area (Å²) < 4.78 is 10.8. The second-order valence-corrected chi connectivity index (χ2v) is 9.59. The number of aryl methyl sites for hydroxylation is 1. The van der Waals surface area contributed by atoms with Crippen LogP contribution in [-0.2, 0) is 11.2 Å². The van der Waals surface area contributed by atoms with Crippen molar-refractivity contribution in [1.29, 1.82) is 0 Å². The number of aliphatic hydroxyl groups excluding tert-OH is 1. The molecule has 2 aromatic carbocycles. The Morgan fingerprint density at radius 2 is 2.00 bits per heavy atom. The highest BCUT2D eigenvalue weighted by atomic mass is 16.5. The summed E-state index contributed by atoms with van der Waals surface area (Å²) in [6.45, 7) is 2.30. The number of hydrogen-bond acceptors (Lipinski definition) is 6. The van der Waals surface area contributed by atoms with Crippen molar-refractivity contribution in [3.63, 3.8) is 0 Å². The zero-order valence-electron chi connectivity index (χ0n) is 21.1. The summed E-state index contributed by atoms with van der Waals surface area (Å²) >= 11 is 0. The van der Waals surface area contributed by atoms with Gasteiger partial charge in [-0.2, -0.15) is 0 Å². The molecule has 1 fully saturated rings. The maximum Gasteiger partial charge on any atom is 0.308 e. The van der Waals surface area contributed by atoms with Gasteiger partial charge in [0.1, 0.15) is 11.5 Å². The summed E-state index contributed by atoms with van der Waals surface area (Å²) in [4.78, 5) is 18.8. The molecule has 2 heterocycles. The molecule has 36 heavy (non-hydrogen) atoms. The molecule has 0 unspecified atom stereocenters. The Labute approximate surface area is 212 Å². The summed E-state index contributed by atoms with van der Waals surface area (Å²) in [7, 11) is 3.30. The van der Waals surface area contributed by atoms with Crippen LogP contribution in [0.1, 0.15) is 42.9 Å². The fourth-order valence-electron chi connectivity index (χ4n) is 5.39. The Morgan fingerprint density at radius 1 is 1.17 bits per heavy atom. The zero-order valence-corrected chi connectivity index (χ0v) is 21.1. The van der Waals surface area contributed by atoms with Crippen LogP contribution in [0.2, 0.25) is 0 Å². The van der Waals surface area contributed by atoms with Gasteiger partial charge in [-0.25, -0.2) is 0 Å². The van der Waals surface area contributed by atoms with Gasteiger partial charge in [-0.3, -0.25) is 9.78 Å². The molecule has 0 spiro atoms. The molecular formula is C29H36N2O5. The van der Waals surface area contributed by atoms with E-state index < -0.39 is 18.0 Å². The van der Waals surface area contributed by atoms with Crippen LogP contribution < -0.4 is 9.47 Å². The molecule has 2 N–H and O–H groups in total. The van der Waals surface area contributed by atoms with E-state index in [4.69, 9.17) is 9.47 Å². The van der Waals surface area contributed by atoms with Gasteiger partial charge >= 0.3 is 5.97 Å². The number of fused-ring (bicyclic) bond motifs is 1. The van der Waals surface area contributed by atoms with Gasteiger partial charge in [0.05, 0.1) is 31.8 Å². The molecule has 3 aromatic rings. The van der Waals surface area contributed by atoms with Gasteiger partial charge in [-0.05, 0) is 92.6 Å². The topological polar surface area (TPSA) is 92.1 Å². The lowest BCUT2D eigenvalue weighted by atomic mass is 9.81. The monoisotopic (exact) mass is 492 g/mol. The number of para-hydroxylation sites is 1. The highest BCUT2D eigenvalue weighted by Gasteiger charge is 2.34. The fraction of sp³-hybridized carbons (Fsp3) is 0.448. The lowest BCUT2D eigenvalue weighted by Crippen LogP contribution is -2.44. The number of carboxylic acids is 1. The third kappa shape index (κ3) is 6.15. The van der Waals surface area contributed by atoms with Gasteiger partial charge in [0.25, 0.3) is 0 Å². The van der Waals surface area contributed by atoms with E-state index in [9.17, 15) is 15.0 Å². The van der Waals surface area contributed by atoms with Gasteiger partial charge < -0.3 is 24.6 Å². The standard InChI is InChI=1S/C29H36N2O5/c1-35-22-10-11-26-24(18-22)23(13-15-30-26)27(32)12-9-20-14-17-31(19-25(20)29(33)34)16-5-7-21-6-3-4-8-28(21)36-2/h3-4,6,8,10-11,13,15,18,20,25,27,32H,5,7,9,12,14,16-17,19H2,1-2H3,(H,33,34)/t20-,25+,27-/m1/s1. The van der Waals surface area contributed by atoms with Crippen LogP contribution in [0.15, 0.2) is 54.7 Å². The first-order valence-electron chi connectivity index (χ1n) is 12.7. The molecule has 1 aromatic heterocycles. The molecule has 0 radical (unpaired) electrons. The van der Waals surface area contributed by atoms with Crippen molar-refractivity contribution >= 4 is 16.9 Å². The number of pyridine rings is 1. The smallest absolute Gasteiger partial charge is 0.308 e. The molecule has 0 aliphatic carbocycles. The maximum absolute atomic E-state index is 12.1. The van der Waals surface area contributed by atoms with Gasteiger partial charge in [0, 0.05) is 18.1 Å². The summed E-state index contributed by atoms with van der Waals surface area (Å²) in [5.41, 5.74) is 2.79. The number of hydrogen-bond donors (Lipinski definition) is 2. The number of carboxylic acid groups (broad SMARTS) is 1. The molecule has 0 amide bonds. The van der Waals surface area contributed by atoms with Gasteiger partial charge in [-0.1, -0.05) is 18.2 Å². The van der Waals surface area contributed by atoms with Crippen LogP contribution in [0, 0.1) is 11.8 Å². The number of aliphatic hydroxyl groups is 1. The number of likely N-dealkylation sites (tertiary alicyclic amines) is 1. The van der Waals surface area contributed by atoms with Crippen LogP contribution in [-0.4, -0.2) is 59.9 Å². The largest absolute Gasteiger partial charge is 0.497 e. The Kier molecular flexibility index (Phi) is 8.78. The number of ether oxygens (including phenoxy) is 2. The predicted octanol–water partition coefficient (Wildman–Crippen LogP) is 4.72. The zero-order chi connectivity index (χ0) is 25.5. The van der Waals surface area contributed by atoms with Crippen molar-refractivity contribution in [2.45, 2.75) is 38.2 Å². The number of rotatable bonds is 11. The number of carbonyl (C=O) groups is 1. The minimum Gasteiger partial charge on any atom is -0.497 e. The molecule has 7 nitrogen and oxygen atoms in total. The lowest BCUT2D eigenvalue weighted by Gasteiger charge is -2.37. The fourth-order valence-corrected chi connectivity index (χ4v) is 5.39. The Hall–Kier alpha value is -3.16. The molecule has 0 saturated carbocycles. The van der Waals surface area contributed by atoms with E-state index in [2.05, 4.69) is 16.0 Å². The van der Waals surface area contributed by atoms with Crippen molar-refractivity contribution in [3.8, 4) is 11.5 Å². The minimum atomic E-state index is -0.747. The van der Waals surface area contributed by atoms with Crippen molar-refractivity contribution in [2.24, 2.45) is 11.8 Å². The van der Waals surface area contributed by atoms with Gasteiger partial charge in [0.15, 0.2) is 0 Å². The van der Waals surface area contributed by atoms with E-state index in [1.807, 2.05) is 42.5 Å². The molecule has 7 heteroatoms. The van der Waals surface area contributed by atoms with Crippen molar-refractivity contribution < 1.29 is 24.5 Å². The maximum atomic E-state index is 12.1. The van der Waals surface area contributed by atoms with E-state index in [0.717, 1.165) is 54.6 Å². The van der Waals surface area contributed by atoms with Crippen LogP contribution >= 0.6 is 0 Å². The number of piperidine rings is 1. The summed E-state index contributed by atoms with van der Waals surface area (Å²) in [5.74, 6) is 0.492. The molecule has 1 aliphatic heterocycles. The summed E-state index contributed by atoms with van der Waals surface area (Å²) in [6.07, 6.45) is 4.88. The number of aromatic nitrogens is 1. The van der Waals surface area contributed by atoms with Crippen molar-refractivity contribution in [1.82, 2.24) is 9.88 Å². The molecular weight excluding hydrogens is 456 g/mol. The molecule has 3 atom stereocenters. The highest BCUT2D eigenvalue weighted by Crippen LogP contribution is 2.34. The minimum absolute atomic E-state index is 0.0465. The van der Waals surface area contributed by atoms with Crippen molar-refractivity contribution in [2.75, 3.05) is 33.9 Å². The van der Waals surface area contributed by atoms with Gasteiger partial charge in [0.2, 0.25) is 0 Å². The summed E-state index contributed by atoms with van der Waals surface area (Å²) in [5, 5.41) is 21.8. The average Bonchev–Trinajstić information content (AvgIpc) is 2.91. The van der Waals surface area contributed by atoms with E-state index >= 15 is 0 Å². The van der Waals surface area contributed by atoms with E-state index in [1.165, 1.54) is 5.56 Å². The predicted molar refractivity (Wildman–Crippen MR) is 139 cm³/mol. The van der Waals surface area contributed by atoms with Crippen LogP contribution in [0.5, 0.6) is 11.5 Å². The van der Waals surface area contributed by atoms with Crippen LogP contribution in [0.4, 0.5) is 0 Å². The highest BCUT2D eigenvalue weighted by molar-refractivity contribution is 5.83. The number of aliphatic carboxylic acids is 1. The Balaban J connectivity index is 1.33. The average molecular weight is 493 g/mol. The van der Waals surface area contributed by atoms with E-state index in [1.54, 1.807) is 20.4 Å². The van der Waals surface area contributed by atoms with E-state index in [0.29, 0.717) is 25.1 Å². The first-order chi connectivity index (χ1) is 17.5.